The van der Waals surface area contributed by atoms with Crippen LogP contribution in [-0.4, -0.2) is 34.6 Å². The monoisotopic (exact) mass is 274 g/mol. The number of fused-ring (bicyclic) bond motifs is 2. The number of aryl methyl sites for hydroxylation is 1. The second kappa shape index (κ2) is 4.81. The molecule has 0 aromatic heterocycles. The predicted molar refractivity (Wildman–Crippen MR) is 75.0 cm³/mol. The van der Waals surface area contributed by atoms with E-state index >= 15 is 0 Å². The summed E-state index contributed by atoms with van der Waals surface area (Å²) >= 11 is 0. The summed E-state index contributed by atoms with van der Waals surface area (Å²) < 4.78 is 0. The van der Waals surface area contributed by atoms with Gasteiger partial charge >= 0.3 is 12.0 Å². The maximum atomic E-state index is 12.4. The summed E-state index contributed by atoms with van der Waals surface area (Å²) in [6, 6.07) is 5.16. The zero-order valence-corrected chi connectivity index (χ0v) is 11.4. The molecule has 2 amide bonds. The van der Waals surface area contributed by atoms with Gasteiger partial charge in [0.15, 0.2) is 0 Å². The molecule has 3 rings (SSSR count). The quantitative estimate of drug-likeness (QED) is 0.871. The molecule has 5 heteroatoms. The Morgan fingerprint density at radius 1 is 1.35 bits per heavy atom. The van der Waals surface area contributed by atoms with E-state index in [9.17, 15) is 14.7 Å². The van der Waals surface area contributed by atoms with Crippen molar-refractivity contribution >= 4 is 17.7 Å². The molecule has 1 aromatic carbocycles. The third-order valence-corrected chi connectivity index (χ3v) is 4.41. The molecule has 0 spiro atoms. The Hall–Kier alpha value is -2.04. The Kier molecular flexibility index (Phi) is 3.12. The Labute approximate surface area is 117 Å². The number of rotatable bonds is 2. The minimum absolute atomic E-state index is 0.141. The van der Waals surface area contributed by atoms with E-state index in [1.165, 1.54) is 12.5 Å². The van der Waals surface area contributed by atoms with Gasteiger partial charge in [-0.3, -0.25) is 0 Å². The molecule has 5 nitrogen and oxygen atoms in total. The Bertz CT molecular complexity index is 570. The molecule has 1 aliphatic heterocycles. The van der Waals surface area contributed by atoms with Gasteiger partial charge in [0.05, 0.1) is 11.3 Å². The Morgan fingerprint density at radius 2 is 2.15 bits per heavy atom. The molecule has 106 valence electrons. The number of likely N-dealkylation sites (tertiary alicyclic amines) is 1. The van der Waals surface area contributed by atoms with Gasteiger partial charge in [0, 0.05) is 12.6 Å². The van der Waals surface area contributed by atoms with Crippen LogP contribution in [0.4, 0.5) is 10.5 Å². The van der Waals surface area contributed by atoms with Crippen LogP contribution < -0.4 is 5.32 Å². The molecule has 1 heterocycles. The van der Waals surface area contributed by atoms with E-state index in [-0.39, 0.29) is 11.6 Å². The molecule has 2 bridgehead atoms. The van der Waals surface area contributed by atoms with Gasteiger partial charge in [0.25, 0.3) is 0 Å². The normalized spacial score (nSPS) is 23.9. The molecule has 2 aliphatic rings. The van der Waals surface area contributed by atoms with Crippen LogP contribution in [-0.2, 0) is 0 Å². The molecule has 20 heavy (non-hydrogen) atoms. The number of benzene rings is 1. The molecule has 2 fully saturated rings. The average Bonchev–Trinajstić information content (AvgIpc) is 3.03. The molecule has 2 unspecified atom stereocenters. The lowest BCUT2D eigenvalue weighted by molar-refractivity contribution is 0.0698. The first-order valence-electron chi connectivity index (χ1n) is 6.97. The summed E-state index contributed by atoms with van der Waals surface area (Å²) in [5, 5.41) is 12.0. The number of urea groups is 1. The molecule has 1 aromatic rings. The van der Waals surface area contributed by atoms with Gasteiger partial charge in [-0.05, 0) is 43.7 Å². The second-order valence-corrected chi connectivity index (χ2v) is 5.72. The molecule has 1 saturated carbocycles. The number of carboxylic acid groups (broad SMARTS) is 1. The third-order valence-electron chi connectivity index (χ3n) is 4.41. The highest BCUT2D eigenvalue weighted by Crippen LogP contribution is 2.37. The number of para-hydroxylation sites is 1. The van der Waals surface area contributed by atoms with Gasteiger partial charge in [-0.1, -0.05) is 12.1 Å². The SMILES string of the molecule is Cc1cccc(C(=O)O)c1NC(=O)N1CC2CCC1C2. The largest absolute Gasteiger partial charge is 0.478 e. The summed E-state index contributed by atoms with van der Waals surface area (Å²) in [5.41, 5.74) is 1.32. The minimum Gasteiger partial charge on any atom is -0.478 e. The van der Waals surface area contributed by atoms with E-state index in [1.807, 2.05) is 4.90 Å². The van der Waals surface area contributed by atoms with Crippen molar-refractivity contribution < 1.29 is 14.7 Å². The van der Waals surface area contributed by atoms with Crippen molar-refractivity contribution in [2.24, 2.45) is 5.92 Å². The third kappa shape index (κ3) is 2.13. The maximum Gasteiger partial charge on any atom is 0.337 e. The van der Waals surface area contributed by atoms with Crippen molar-refractivity contribution in [1.29, 1.82) is 0 Å². The van der Waals surface area contributed by atoms with Crippen LogP contribution in [0.15, 0.2) is 18.2 Å². The predicted octanol–water partition coefficient (Wildman–Crippen LogP) is 2.71. The first-order chi connectivity index (χ1) is 9.56. The molecule has 1 aliphatic carbocycles. The molecule has 1 saturated heterocycles. The van der Waals surface area contributed by atoms with Crippen molar-refractivity contribution in [3.63, 3.8) is 0 Å². The number of aromatic carboxylic acids is 1. The first kappa shape index (κ1) is 13.0. The standard InChI is InChI=1S/C15H18N2O3/c1-9-3-2-4-12(14(18)19)13(9)16-15(20)17-8-10-5-6-11(17)7-10/h2-4,10-11H,5-8H2,1H3,(H,16,20)(H,18,19). The van der Waals surface area contributed by atoms with Gasteiger partial charge in [-0.2, -0.15) is 0 Å². The van der Waals surface area contributed by atoms with E-state index in [4.69, 9.17) is 0 Å². The molecule has 2 atom stereocenters. The van der Waals surface area contributed by atoms with Crippen molar-refractivity contribution in [3.8, 4) is 0 Å². The number of carbonyl (C=O) groups excluding carboxylic acids is 1. The van der Waals surface area contributed by atoms with Crippen molar-refractivity contribution in [3.05, 3.63) is 29.3 Å². The highest BCUT2D eigenvalue weighted by Gasteiger charge is 2.40. The van der Waals surface area contributed by atoms with Crippen molar-refractivity contribution in [1.82, 2.24) is 4.90 Å². The van der Waals surface area contributed by atoms with Crippen LogP contribution in [0.2, 0.25) is 0 Å². The van der Waals surface area contributed by atoms with Gasteiger partial charge in [0.1, 0.15) is 0 Å². The van der Waals surface area contributed by atoms with Gasteiger partial charge in [0.2, 0.25) is 0 Å². The smallest absolute Gasteiger partial charge is 0.337 e. The van der Waals surface area contributed by atoms with Crippen LogP contribution in [0.25, 0.3) is 0 Å². The summed E-state index contributed by atoms with van der Waals surface area (Å²) in [6.45, 7) is 2.60. The van der Waals surface area contributed by atoms with Crippen LogP contribution in [0.5, 0.6) is 0 Å². The second-order valence-electron chi connectivity index (χ2n) is 5.72. The summed E-state index contributed by atoms with van der Waals surface area (Å²) in [7, 11) is 0. The van der Waals surface area contributed by atoms with E-state index < -0.39 is 5.97 Å². The lowest BCUT2D eigenvalue weighted by Crippen LogP contribution is -2.40. The topological polar surface area (TPSA) is 69.6 Å². The van der Waals surface area contributed by atoms with E-state index in [0.29, 0.717) is 17.6 Å². The molecule has 0 radical (unpaired) electrons. The fourth-order valence-electron chi connectivity index (χ4n) is 3.36. The molecular formula is C15H18N2O3. The number of nitrogens with one attached hydrogen (secondary N) is 1. The number of piperidine rings is 1. The number of carboxylic acids is 1. The average molecular weight is 274 g/mol. The van der Waals surface area contributed by atoms with Gasteiger partial charge < -0.3 is 15.3 Å². The number of carbonyl (C=O) groups is 2. The molecular weight excluding hydrogens is 256 g/mol. The summed E-state index contributed by atoms with van der Waals surface area (Å²) in [4.78, 5) is 25.4. The van der Waals surface area contributed by atoms with Gasteiger partial charge in [-0.15, -0.1) is 0 Å². The van der Waals surface area contributed by atoms with Crippen molar-refractivity contribution in [2.45, 2.75) is 32.2 Å². The number of amides is 2. The first-order valence-corrected chi connectivity index (χ1v) is 6.97. The number of hydrogen-bond acceptors (Lipinski definition) is 2. The zero-order valence-electron chi connectivity index (χ0n) is 11.4. The van der Waals surface area contributed by atoms with Crippen LogP contribution in [0.3, 0.4) is 0 Å². The van der Waals surface area contributed by atoms with E-state index in [2.05, 4.69) is 5.32 Å². The highest BCUT2D eigenvalue weighted by atomic mass is 16.4. The number of nitrogens with zero attached hydrogens (tertiary/aromatic N) is 1. The van der Waals surface area contributed by atoms with E-state index in [0.717, 1.165) is 24.9 Å². The molecule has 2 N–H and O–H groups in total. The van der Waals surface area contributed by atoms with Crippen LogP contribution in [0.1, 0.15) is 35.2 Å². The zero-order chi connectivity index (χ0) is 14.3. The highest BCUT2D eigenvalue weighted by molar-refractivity contribution is 6.01. The summed E-state index contributed by atoms with van der Waals surface area (Å²) in [5.74, 6) is -0.395. The van der Waals surface area contributed by atoms with Gasteiger partial charge in [-0.25, -0.2) is 9.59 Å². The Balaban J connectivity index is 1.81. The van der Waals surface area contributed by atoms with Crippen LogP contribution >= 0.6 is 0 Å². The van der Waals surface area contributed by atoms with Crippen LogP contribution in [0, 0.1) is 12.8 Å². The summed E-state index contributed by atoms with van der Waals surface area (Å²) in [6.07, 6.45) is 3.36. The fraction of sp³-hybridized carbons (Fsp3) is 0.467. The number of hydrogen-bond donors (Lipinski definition) is 2. The number of anilines is 1. The lowest BCUT2D eigenvalue weighted by Gasteiger charge is -2.27. The van der Waals surface area contributed by atoms with E-state index in [1.54, 1.807) is 19.1 Å². The minimum atomic E-state index is -1.02. The fourth-order valence-corrected chi connectivity index (χ4v) is 3.36. The lowest BCUT2D eigenvalue weighted by atomic mass is 10.1. The van der Waals surface area contributed by atoms with Crippen molar-refractivity contribution in [2.75, 3.05) is 11.9 Å². The Morgan fingerprint density at radius 3 is 2.75 bits per heavy atom. The maximum absolute atomic E-state index is 12.4.